The number of amides is 1. The minimum absolute atomic E-state index is 0.127. The molecule has 0 radical (unpaired) electrons. The number of carbonyl (C=O) groups is 1. The molecular formula is C11H19N3O2. The number of hydrogen-bond donors (Lipinski definition) is 1. The summed E-state index contributed by atoms with van der Waals surface area (Å²) in [6.07, 6.45) is 1.90. The van der Waals surface area contributed by atoms with Crippen molar-refractivity contribution < 1.29 is 9.53 Å². The normalized spacial score (nSPS) is 11.6. The lowest BCUT2D eigenvalue weighted by molar-refractivity contribution is -0.139. The van der Waals surface area contributed by atoms with Crippen LogP contribution in [0.2, 0.25) is 0 Å². The van der Waals surface area contributed by atoms with E-state index in [-0.39, 0.29) is 5.91 Å². The third kappa shape index (κ3) is 2.82. The van der Waals surface area contributed by atoms with Crippen molar-refractivity contribution in [2.45, 2.75) is 32.9 Å². The van der Waals surface area contributed by atoms with Crippen molar-refractivity contribution in [2.24, 2.45) is 7.05 Å². The van der Waals surface area contributed by atoms with E-state index in [1.165, 1.54) is 7.11 Å². The van der Waals surface area contributed by atoms with Gasteiger partial charge in [-0.2, -0.15) is 5.10 Å². The van der Waals surface area contributed by atoms with Crippen LogP contribution in [0, 0.1) is 6.92 Å². The first-order chi connectivity index (χ1) is 7.36. The zero-order chi connectivity index (χ0) is 12.3. The molecule has 0 atom stereocenters. The van der Waals surface area contributed by atoms with E-state index in [2.05, 4.69) is 10.4 Å². The smallest absolute Gasteiger partial charge is 0.251 e. The Morgan fingerprint density at radius 2 is 2.25 bits per heavy atom. The van der Waals surface area contributed by atoms with Crippen molar-refractivity contribution in [3.63, 3.8) is 0 Å². The van der Waals surface area contributed by atoms with Crippen molar-refractivity contribution in [1.82, 2.24) is 15.1 Å². The van der Waals surface area contributed by atoms with Crippen LogP contribution in [-0.2, 0) is 23.1 Å². The highest BCUT2D eigenvalue weighted by Crippen LogP contribution is 2.09. The molecule has 16 heavy (non-hydrogen) atoms. The fraction of sp³-hybridized carbons (Fsp3) is 0.636. The zero-order valence-corrected chi connectivity index (χ0v) is 10.5. The molecule has 90 valence electrons. The third-order valence-corrected chi connectivity index (χ3v) is 2.61. The Labute approximate surface area is 95.8 Å². The van der Waals surface area contributed by atoms with Gasteiger partial charge in [-0.1, -0.05) is 0 Å². The molecule has 0 aromatic carbocycles. The van der Waals surface area contributed by atoms with Gasteiger partial charge in [0.25, 0.3) is 5.91 Å². The number of carbonyl (C=O) groups excluding carboxylic acids is 1. The van der Waals surface area contributed by atoms with Gasteiger partial charge < -0.3 is 10.1 Å². The largest absolute Gasteiger partial charge is 0.369 e. The van der Waals surface area contributed by atoms with E-state index in [1.807, 2.05) is 20.2 Å². The van der Waals surface area contributed by atoms with Gasteiger partial charge in [0, 0.05) is 32.5 Å². The van der Waals surface area contributed by atoms with Crippen LogP contribution < -0.4 is 5.32 Å². The number of aromatic nitrogens is 2. The van der Waals surface area contributed by atoms with Crippen molar-refractivity contribution in [3.8, 4) is 0 Å². The molecule has 1 rings (SSSR count). The van der Waals surface area contributed by atoms with Gasteiger partial charge in [0.15, 0.2) is 0 Å². The lowest BCUT2D eigenvalue weighted by Gasteiger charge is -2.21. The molecular weight excluding hydrogens is 206 g/mol. The third-order valence-electron chi connectivity index (χ3n) is 2.61. The monoisotopic (exact) mass is 225 g/mol. The first-order valence-electron chi connectivity index (χ1n) is 5.19. The van der Waals surface area contributed by atoms with E-state index in [9.17, 15) is 4.79 Å². The van der Waals surface area contributed by atoms with Crippen LogP contribution >= 0.6 is 0 Å². The highest BCUT2D eigenvalue weighted by molar-refractivity contribution is 5.84. The Hall–Kier alpha value is -1.36. The molecule has 5 nitrogen and oxygen atoms in total. The van der Waals surface area contributed by atoms with Gasteiger partial charge in [-0.3, -0.25) is 9.48 Å². The molecule has 0 saturated heterocycles. The Kier molecular flexibility index (Phi) is 3.70. The van der Waals surface area contributed by atoms with E-state index in [1.54, 1.807) is 18.5 Å². The van der Waals surface area contributed by atoms with Gasteiger partial charge in [-0.25, -0.2) is 0 Å². The molecule has 0 bridgehead atoms. The van der Waals surface area contributed by atoms with Crippen LogP contribution in [0.5, 0.6) is 0 Å². The SMILES string of the molecule is COC(C)(C)C(=O)NCc1cn(C)nc1C. The minimum atomic E-state index is -0.796. The van der Waals surface area contributed by atoms with E-state index >= 15 is 0 Å². The standard InChI is InChI=1S/C11H19N3O2/c1-8-9(7-14(4)13-8)6-12-10(15)11(2,3)16-5/h7H,6H2,1-5H3,(H,12,15). The number of aryl methyl sites for hydroxylation is 2. The van der Waals surface area contributed by atoms with Crippen LogP contribution in [-0.4, -0.2) is 28.4 Å². The van der Waals surface area contributed by atoms with Crippen molar-refractivity contribution >= 4 is 5.91 Å². The average Bonchev–Trinajstić information content (AvgIpc) is 2.53. The van der Waals surface area contributed by atoms with Gasteiger partial charge in [0.1, 0.15) is 5.60 Å². The topological polar surface area (TPSA) is 56.1 Å². The molecule has 1 aromatic rings. The molecule has 0 fully saturated rings. The highest BCUT2D eigenvalue weighted by Gasteiger charge is 2.26. The molecule has 5 heteroatoms. The Bertz CT molecular complexity index is 383. The molecule has 0 aliphatic carbocycles. The van der Waals surface area contributed by atoms with Crippen LogP contribution in [0.15, 0.2) is 6.20 Å². The fourth-order valence-corrected chi connectivity index (χ4v) is 1.30. The van der Waals surface area contributed by atoms with Gasteiger partial charge >= 0.3 is 0 Å². The number of nitrogens with zero attached hydrogens (tertiary/aromatic N) is 2. The highest BCUT2D eigenvalue weighted by atomic mass is 16.5. The van der Waals surface area contributed by atoms with Gasteiger partial charge in [0.2, 0.25) is 0 Å². The molecule has 1 heterocycles. The molecule has 0 saturated carbocycles. The fourth-order valence-electron chi connectivity index (χ4n) is 1.30. The van der Waals surface area contributed by atoms with Crippen molar-refractivity contribution in [3.05, 3.63) is 17.5 Å². The summed E-state index contributed by atoms with van der Waals surface area (Å²) in [5.41, 5.74) is 1.15. The predicted molar refractivity (Wildman–Crippen MR) is 60.9 cm³/mol. The first-order valence-corrected chi connectivity index (χ1v) is 5.19. The second-order valence-corrected chi connectivity index (χ2v) is 4.31. The molecule has 0 aliphatic rings. The Morgan fingerprint density at radius 1 is 1.62 bits per heavy atom. The molecule has 0 aliphatic heterocycles. The summed E-state index contributed by atoms with van der Waals surface area (Å²) in [5.74, 6) is -0.127. The number of ether oxygens (including phenoxy) is 1. The minimum Gasteiger partial charge on any atom is -0.369 e. The van der Waals surface area contributed by atoms with Gasteiger partial charge in [-0.05, 0) is 20.8 Å². The number of methoxy groups -OCH3 is 1. The van der Waals surface area contributed by atoms with Crippen molar-refractivity contribution in [2.75, 3.05) is 7.11 Å². The van der Waals surface area contributed by atoms with Crippen LogP contribution in [0.1, 0.15) is 25.1 Å². The maximum absolute atomic E-state index is 11.7. The summed E-state index contributed by atoms with van der Waals surface area (Å²) in [5, 5.41) is 7.03. The molecule has 1 amide bonds. The summed E-state index contributed by atoms with van der Waals surface area (Å²) in [4.78, 5) is 11.7. The summed E-state index contributed by atoms with van der Waals surface area (Å²) >= 11 is 0. The maximum Gasteiger partial charge on any atom is 0.251 e. The summed E-state index contributed by atoms with van der Waals surface area (Å²) < 4.78 is 6.82. The summed E-state index contributed by atoms with van der Waals surface area (Å²) in [6.45, 7) is 5.87. The second-order valence-electron chi connectivity index (χ2n) is 4.31. The van der Waals surface area contributed by atoms with Crippen LogP contribution in [0.4, 0.5) is 0 Å². The van der Waals surface area contributed by atoms with Gasteiger partial charge in [0.05, 0.1) is 5.69 Å². The number of rotatable bonds is 4. The van der Waals surface area contributed by atoms with Crippen LogP contribution in [0.25, 0.3) is 0 Å². The Balaban J connectivity index is 2.59. The molecule has 1 aromatic heterocycles. The second kappa shape index (κ2) is 4.65. The van der Waals surface area contributed by atoms with Crippen LogP contribution in [0.3, 0.4) is 0 Å². The van der Waals surface area contributed by atoms with E-state index in [4.69, 9.17) is 4.74 Å². The maximum atomic E-state index is 11.7. The Morgan fingerprint density at radius 3 is 2.69 bits per heavy atom. The zero-order valence-electron chi connectivity index (χ0n) is 10.5. The number of nitrogens with one attached hydrogen (secondary N) is 1. The molecule has 0 spiro atoms. The van der Waals surface area contributed by atoms with Crippen molar-refractivity contribution in [1.29, 1.82) is 0 Å². The summed E-state index contributed by atoms with van der Waals surface area (Å²) in [6, 6.07) is 0. The molecule has 0 unspecified atom stereocenters. The average molecular weight is 225 g/mol. The number of hydrogen-bond acceptors (Lipinski definition) is 3. The van der Waals surface area contributed by atoms with Gasteiger partial charge in [-0.15, -0.1) is 0 Å². The first kappa shape index (κ1) is 12.7. The lowest BCUT2D eigenvalue weighted by atomic mass is 10.1. The van der Waals surface area contributed by atoms with E-state index in [0.717, 1.165) is 11.3 Å². The molecule has 1 N–H and O–H groups in total. The summed E-state index contributed by atoms with van der Waals surface area (Å²) in [7, 11) is 3.38. The van der Waals surface area contributed by atoms with E-state index < -0.39 is 5.60 Å². The lowest BCUT2D eigenvalue weighted by Crippen LogP contribution is -2.43. The quantitative estimate of drug-likeness (QED) is 0.823. The van der Waals surface area contributed by atoms with E-state index in [0.29, 0.717) is 6.54 Å². The predicted octanol–water partition coefficient (Wildman–Crippen LogP) is 0.770.